The third kappa shape index (κ3) is 2.51. The van der Waals surface area contributed by atoms with E-state index in [1.54, 1.807) is 6.07 Å². The summed E-state index contributed by atoms with van der Waals surface area (Å²) in [7, 11) is 0. The van der Waals surface area contributed by atoms with Crippen molar-refractivity contribution in [2.45, 2.75) is 6.54 Å². The van der Waals surface area contributed by atoms with Crippen LogP contribution in [0.15, 0.2) is 36.4 Å². The van der Waals surface area contributed by atoms with Gasteiger partial charge in [0, 0.05) is 23.9 Å². The fourth-order valence-electron chi connectivity index (χ4n) is 1.52. The number of phenolic OH excluding ortho intramolecular Hbond substituents is 2. The highest BCUT2D eigenvalue weighted by atomic mass is 19.1. The molecule has 0 aliphatic heterocycles. The van der Waals surface area contributed by atoms with Crippen molar-refractivity contribution >= 4 is 5.69 Å². The van der Waals surface area contributed by atoms with E-state index in [2.05, 4.69) is 5.32 Å². The molecule has 0 saturated carbocycles. The number of rotatable bonds is 3. The van der Waals surface area contributed by atoms with Gasteiger partial charge in [-0.05, 0) is 18.2 Å². The maximum absolute atomic E-state index is 13.1. The summed E-state index contributed by atoms with van der Waals surface area (Å²) in [4.78, 5) is 0. The second-order valence-electron chi connectivity index (χ2n) is 3.77. The Bertz CT molecular complexity index is 573. The molecule has 94 valence electrons. The molecular formula is C13H11F2NO2. The summed E-state index contributed by atoms with van der Waals surface area (Å²) in [6.45, 7) is 0.147. The van der Waals surface area contributed by atoms with Gasteiger partial charge in [-0.15, -0.1) is 0 Å². The number of halogens is 2. The van der Waals surface area contributed by atoms with Crippen molar-refractivity contribution in [3.05, 3.63) is 53.6 Å². The quantitative estimate of drug-likeness (QED) is 0.735. The molecule has 0 aliphatic rings. The number of nitrogens with one attached hydrogen (secondary N) is 1. The Labute approximate surface area is 102 Å². The summed E-state index contributed by atoms with van der Waals surface area (Å²) < 4.78 is 26.1. The van der Waals surface area contributed by atoms with Crippen molar-refractivity contribution in [2.24, 2.45) is 0 Å². The normalized spacial score (nSPS) is 10.3. The SMILES string of the molecule is Oc1ccc(NCc2cccc(F)c2O)cc1F. The van der Waals surface area contributed by atoms with E-state index in [-0.39, 0.29) is 6.54 Å². The lowest BCUT2D eigenvalue weighted by Gasteiger charge is -2.09. The van der Waals surface area contributed by atoms with Crippen LogP contribution in [-0.4, -0.2) is 10.2 Å². The minimum absolute atomic E-state index is 0.147. The molecule has 5 heteroatoms. The Morgan fingerprint density at radius 2 is 1.78 bits per heavy atom. The molecule has 0 aromatic heterocycles. The van der Waals surface area contributed by atoms with E-state index in [1.165, 1.54) is 18.2 Å². The summed E-state index contributed by atoms with van der Waals surface area (Å²) in [5.41, 5.74) is 0.789. The van der Waals surface area contributed by atoms with Crippen LogP contribution in [0.25, 0.3) is 0 Å². The van der Waals surface area contributed by atoms with Gasteiger partial charge in [0.05, 0.1) is 0 Å². The highest BCUT2D eigenvalue weighted by Gasteiger charge is 2.06. The monoisotopic (exact) mass is 251 g/mol. The van der Waals surface area contributed by atoms with Crippen LogP contribution in [0.2, 0.25) is 0 Å². The Morgan fingerprint density at radius 3 is 2.50 bits per heavy atom. The van der Waals surface area contributed by atoms with Crippen molar-refractivity contribution in [2.75, 3.05) is 5.32 Å². The molecule has 0 amide bonds. The lowest BCUT2D eigenvalue weighted by molar-refractivity contribution is 0.426. The molecule has 0 spiro atoms. The minimum atomic E-state index is -0.747. The molecule has 0 radical (unpaired) electrons. The predicted molar refractivity (Wildman–Crippen MR) is 63.5 cm³/mol. The van der Waals surface area contributed by atoms with E-state index in [0.29, 0.717) is 11.3 Å². The van der Waals surface area contributed by atoms with Gasteiger partial charge >= 0.3 is 0 Å². The van der Waals surface area contributed by atoms with Gasteiger partial charge in [-0.3, -0.25) is 0 Å². The molecule has 0 bridgehead atoms. The summed E-state index contributed by atoms with van der Waals surface area (Å²) in [5.74, 6) is -2.31. The molecular weight excluding hydrogens is 240 g/mol. The van der Waals surface area contributed by atoms with E-state index >= 15 is 0 Å². The standard InChI is InChI=1S/C13H11F2NO2/c14-10-3-1-2-8(13(10)18)7-16-9-4-5-12(17)11(15)6-9/h1-6,16-18H,7H2. The third-order valence-corrected chi connectivity index (χ3v) is 2.50. The van der Waals surface area contributed by atoms with Crippen molar-refractivity contribution < 1.29 is 19.0 Å². The van der Waals surface area contributed by atoms with Gasteiger partial charge in [0.1, 0.15) is 0 Å². The zero-order chi connectivity index (χ0) is 13.1. The molecule has 0 fully saturated rings. The van der Waals surface area contributed by atoms with Crippen molar-refractivity contribution in [3.63, 3.8) is 0 Å². The van der Waals surface area contributed by atoms with Gasteiger partial charge in [-0.2, -0.15) is 0 Å². The molecule has 0 heterocycles. The molecule has 3 nitrogen and oxygen atoms in total. The Kier molecular flexibility index (Phi) is 3.32. The lowest BCUT2D eigenvalue weighted by Crippen LogP contribution is -2.00. The first-order valence-electron chi connectivity index (χ1n) is 5.26. The highest BCUT2D eigenvalue weighted by molar-refractivity contribution is 5.48. The van der Waals surface area contributed by atoms with E-state index in [9.17, 15) is 13.9 Å². The molecule has 2 rings (SSSR count). The van der Waals surface area contributed by atoms with Crippen LogP contribution in [-0.2, 0) is 6.54 Å². The topological polar surface area (TPSA) is 52.5 Å². The second-order valence-corrected chi connectivity index (χ2v) is 3.77. The van der Waals surface area contributed by atoms with Crippen LogP contribution in [0, 0.1) is 11.6 Å². The van der Waals surface area contributed by atoms with Gasteiger partial charge in [-0.1, -0.05) is 12.1 Å². The molecule has 0 atom stereocenters. The first-order chi connectivity index (χ1) is 8.58. The zero-order valence-electron chi connectivity index (χ0n) is 9.32. The van der Waals surface area contributed by atoms with E-state index in [4.69, 9.17) is 5.11 Å². The maximum Gasteiger partial charge on any atom is 0.166 e. The van der Waals surface area contributed by atoms with Crippen LogP contribution in [0.1, 0.15) is 5.56 Å². The number of benzene rings is 2. The summed E-state index contributed by atoms with van der Waals surface area (Å²) >= 11 is 0. The first-order valence-corrected chi connectivity index (χ1v) is 5.26. The van der Waals surface area contributed by atoms with Gasteiger partial charge in [0.15, 0.2) is 23.1 Å². The highest BCUT2D eigenvalue weighted by Crippen LogP contribution is 2.23. The Balaban J connectivity index is 2.11. The van der Waals surface area contributed by atoms with Gasteiger partial charge in [0.2, 0.25) is 0 Å². The van der Waals surface area contributed by atoms with Crippen molar-refractivity contribution in [3.8, 4) is 11.5 Å². The zero-order valence-corrected chi connectivity index (χ0v) is 9.32. The summed E-state index contributed by atoms with van der Waals surface area (Å²) in [6.07, 6.45) is 0. The molecule has 3 N–H and O–H groups in total. The average Bonchev–Trinajstić information content (AvgIpc) is 2.35. The summed E-state index contributed by atoms with van der Waals surface area (Å²) in [5, 5.41) is 21.3. The summed E-state index contributed by atoms with van der Waals surface area (Å²) in [6, 6.07) is 7.99. The van der Waals surface area contributed by atoms with Gasteiger partial charge < -0.3 is 15.5 Å². The fourth-order valence-corrected chi connectivity index (χ4v) is 1.52. The molecule has 0 unspecified atom stereocenters. The minimum Gasteiger partial charge on any atom is -0.505 e. The van der Waals surface area contributed by atoms with Gasteiger partial charge in [0.25, 0.3) is 0 Å². The first kappa shape index (κ1) is 12.2. The number of phenols is 2. The number of para-hydroxylation sites is 1. The van der Waals surface area contributed by atoms with E-state index in [1.807, 2.05) is 0 Å². The van der Waals surface area contributed by atoms with E-state index < -0.39 is 23.1 Å². The van der Waals surface area contributed by atoms with Crippen LogP contribution in [0.3, 0.4) is 0 Å². The predicted octanol–water partition coefficient (Wildman–Crippen LogP) is 2.99. The fraction of sp³-hybridized carbons (Fsp3) is 0.0769. The second kappa shape index (κ2) is 4.91. The van der Waals surface area contributed by atoms with Crippen molar-refractivity contribution in [1.29, 1.82) is 0 Å². The van der Waals surface area contributed by atoms with Crippen LogP contribution in [0.5, 0.6) is 11.5 Å². The van der Waals surface area contributed by atoms with E-state index in [0.717, 1.165) is 12.1 Å². The Morgan fingerprint density at radius 1 is 1.00 bits per heavy atom. The largest absolute Gasteiger partial charge is 0.505 e. The molecule has 0 saturated heterocycles. The lowest BCUT2D eigenvalue weighted by atomic mass is 10.2. The number of anilines is 1. The molecule has 2 aromatic carbocycles. The maximum atomic E-state index is 13.1. The van der Waals surface area contributed by atoms with Crippen LogP contribution in [0.4, 0.5) is 14.5 Å². The molecule has 18 heavy (non-hydrogen) atoms. The van der Waals surface area contributed by atoms with Crippen LogP contribution < -0.4 is 5.32 Å². The van der Waals surface area contributed by atoms with Crippen LogP contribution >= 0.6 is 0 Å². The number of hydrogen-bond donors (Lipinski definition) is 3. The average molecular weight is 251 g/mol. The Hall–Kier alpha value is -2.30. The number of aromatic hydroxyl groups is 2. The third-order valence-electron chi connectivity index (χ3n) is 2.50. The van der Waals surface area contributed by atoms with Gasteiger partial charge in [-0.25, -0.2) is 8.78 Å². The van der Waals surface area contributed by atoms with Crippen molar-refractivity contribution in [1.82, 2.24) is 0 Å². The molecule has 0 aliphatic carbocycles. The number of hydrogen-bond acceptors (Lipinski definition) is 3. The smallest absolute Gasteiger partial charge is 0.166 e. The molecule has 2 aromatic rings.